The van der Waals surface area contributed by atoms with Crippen molar-refractivity contribution in [1.29, 1.82) is 0 Å². The van der Waals surface area contributed by atoms with Gasteiger partial charge < -0.3 is 10.6 Å². The van der Waals surface area contributed by atoms with Gasteiger partial charge in [-0.05, 0) is 18.1 Å². The predicted octanol–water partition coefficient (Wildman–Crippen LogP) is 2.88. The number of amides is 1. The highest BCUT2D eigenvalue weighted by Gasteiger charge is 2.09. The van der Waals surface area contributed by atoms with E-state index in [-0.39, 0.29) is 5.91 Å². The van der Waals surface area contributed by atoms with Crippen LogP contribution in [0, 0.1) is 0 Å². The molecule has 5 nitrogen and oxygen atoms in total. The molecule has 1 aromatic heterocycles. The summed E-state index contributed by atoms with van der Waals surface area (Å²) in [6, 6.07) is 9.03. The van der Waals surface area contributed by atoms with Gasteiger partial charge in [-0.3, -0.25) is 4.79 Å². The van der Waals surface area contributed by atoms with E-state index in [1.165, 1.54) is 6.33 Å². The number of nitrogens with zero attached hydrogens (tertiary/aromatic N) is 2. The fourth-order valence-corrected chi connectivity index (χ4v) is 1.94. The number of hydrogen-bond acceptors (Lipinski definition) is 4. The molecular formula is C15H17ClN4O. The van der Waals surface area contributed by atoms with Gasteiger partial charge in [0.1, 0.15) is 17.8 Å². The second kappa shape index (κ2) is 7.59. The Morgan fingerprint density at radius 3 is 2.86 bits per heavy atom. The monoisotopic (exact) mass is 304 g/mol. The summed E-state index contributed by atoms with van der Waals surface area (Å²) < 4.78 is 0. The minimum atomic E-state index is -0.253. The number of halogens is 1. The van der Waals surface area contributed by atoms with Crippen molar-refractivity contribution >= 4 is 23.3 Å². The van der Waals surface area contributed by atoms with Gasteiger partial charge in [0.05, 0.1) is 0 Å². The second-order valence-electron chi connectivity index (χ2n) is 4.49. The third-order valence-electron chi connectivity index (χ3n) is 2.85. The molecule has 1 heterocycles. The molecule has 110 valence electrons. The first-order valence-electron chi connectivity index (χ1n) is 6.78. The molecule has 6 heteroatoms. The van der Waals surface area contributed by atoms with E-state index in [1.807, 2.05) is 18.2 Å². The molecule has 0 saturated heterocycles. The number of carbonyl (C=O) groups is 1. The summed E-state index contributed by atoms with van der Waals surface area (Å²) in [5.74, 6) is 0.395. The third kappa shape index (κ3) is 4.43. The molecule has 21 heavy (non-hydrogen) atoms. The molecule has 0 aliphatic carbocycles. The van der Waals surface area contributed by atoms with Crippen molar-refractivity contribution in [3.05, 3.63) is 52.9 Å². The van der Waals surface area contributed by atoms with Crippen molar-refractivity contribution in [2.24, 2.45) is 0 Å². The zero-order chi connectivity index (χ0) is 15.1. The molecule has 0 saturated carbocycles. The average Bonchev–Trinajstić information content (AvgIpc) is 2.52. The van der Waals surface area contributed by atoms with Gasteiger partial charge in [-0.2, -0.15) is 0 Å². The maximum atomic E-state index is 12.1. The van der Waals surface area contributed by atoms with Crippen LogP contribution in [0.25, 0.3) is 0 Å². The van der Waals surface area contributed by atoms with Crippen LogP contribution >= 0.6 is 11.6 Å². The molecule has 0 unspecified atom stereocenters. The fraction of sp³-hybridized carbons (Fsp3) is 0.267. The van der Waals surface area contributed by atoms with Gasteiger partial charge in [0.2, 0.25) is 0 Å². The molecule has 0 aliphatic heterocycles. The van der Waals surface area contributed by atoms with E-state index in [1.54, 1.807) is 12.1 Å². The van der Waals surface area contributed by atoms with E-state index < -0.39 is 0 Å². The van der Waals surface area contributed by atoms with Crippen molar-refractivity contribution < 1.29 is 4.79 Å². The standard InChI is InChI=1S/C15H17ClN4O/c1-2-7-17-14-8-13(19-10-20-14)15(21)18-9-11-5-3-4-6-12(11)16/h3-6,8,10H,2,7,9H2,1H3,(H,18,21)(H,17,19,20). The summed E-state index contributed by atoms with van der Waals surface area (Å²) in [6.45, 7) is 3.23. The Bertz CT molecular complexity index is 618. The number of anilines is 1. The summed E-state index contributed by atoms with van der Waals surface area (Å²) in [6.07, 6.45) is 2.36. The highest BCUT2D eigenvalue weighted by Crippen LogP contribution is 2.14. The molecule has 1 aromatic carbocycles. The molecule has 2 rings (SSSR count). The zero-order valence-corrected chi connectivity index (χ0v) is 12.5. The van der Waals surface area contributed by atoms with Crippen molar-refractivity contribution in [2.75, 3.05) is 11.9 Å². The predicted molar refractivity (Wildman–Crippen MR) is 83.4 cm³/mol. The average molecular weight is 305 g/mol. The van der Waals surface area contributed by atoms with Crippen molar-refractivity contribution in [3.63, 3.8) is 0 Å². The first kappa shape index (κ1) is 15.3. The molecule has 0 fully saturated rings. The molecule has 1 amide bonds. The number of benzene rings is 1. The lowest BCUT2D eigenvalue weighted by molar-refractivity contribution is 0.0946. The molecule has 0 atom stereocenters. The Hall–Kier alpha value is -2.14. The van der Waals surface area contributed by atoms with Gasteiger partial charge in [0.25, 0.3) is 5.91 Å². The van der Waals surface area contributed by atoms with Crippen LogP contribution in [0.2, 0.25) is 5.02 Å². The summed E-state index contributed by atoms with van der Waals surface area (Å²) in [7, 11) is 0. The second-order valence-corrected chi connectivity index (χ2v) is 4.90. The lowest BCUT2D eigenvalue weighted by Crippen LogP contribution is -2.24. The van der Waals surface area contributed by atoms with Crippen LogP contribution in [0.3, 0.4) is 0 Å². The summed E-state index contributed by atoms with van der Waals surface area (Å²) in [5, 5.41) is 6.55. The number of nitrogens with one attached hydrogen (secondary N) is 2. The van der Waals surface area contributed by atoms with E-state index in [9.17, 15) is 4.79 Å². The molecule has 0 aliphatic rings. The van der Waals surface area contributed by atoms with Crippen LogP contribution in [0.5, 0.6) is 0 Å². The highest BCUT2D eigenvalue weighted by atomic mass is 35.5. The Morgan fingerprint density at radius 1 is 1.29 bits per heavy atom. The van der Waals surface area contributed by atoms with Gasteiger partial charge in [-0.1, -0.05) is 36.7 Å². The van der Waals surface area contributed by atoms with Gasteiger partial charge >= 0.3 is 0 Å². The Balaban J connectivity index is 1.98. The topological polar surface area (TPSA) is 66.9 Å². The van der Waals surface area contributed by atoms with Crippen molar-refractivity contribution in [1.82, 2.24) is 15.3 Å². The molecular weight excluding hydrogens is 288 g/mol. The molecule has 0 bridgehead atoms. The first-order chi connectivity index (χ1) is 10.2. The summed E-state index contributed by atoms with van der Waals surface area (Å²) in [4.78, 5) is 20.1. The third-order valence-corrected chi connectivity index (χ3v) is 3.22. The number of aromatic nitrogens is 2. The van der Waals surface area contributed by atoms with Crippen LogP contribution < -0.4 is 10.6 Å². The van der Waals surface area contributed by atoms with E-state index >= 15 is 0 Å². The first-order valence-corrected chi connectivity index (χ1v) is 7.16. The van der Waals surface area contributed by atoms with E-state index in [0.29, 0.717) is 23.1 Å². The van der Waals surface area contributed by atoms with Gasteiger partial charge in [-0.15, -0.1) is 0 Å². The zero-order valence-electron chi connectivity index (χ0n) is 11.8. The summed E-state index contributed by atoms with van der Waals surface area (Å²) >= 11 is 6.05. The van der Waals surface area contributed by atoms with Crippen LogP contribution in [-0.2, 0) is 6.54 Å². The fourth-order valence-electron chi connectivity index (χ4n) is 1.74. The van der Waals surface area contributed by atoms with E-state index in [0.717, 1.165) is 18.5 Å². The lowest BCUT2D eigenvalue weighted by atomic mass is 10.2. The molecule has 0 spiro atoms. The van der Waals surface area contributed by atoms with Crippen molar-refractivity contribution in [2.45, 2.75) is 19.9 Å². The minimum Gasteiger partial charge on any atom is -0.370 e. The molecule has 0 radical (unpaired) electrons. The van der Waals surface area contributed by atoms with E-state index in [2.05, 4.69) is 27.5 Å². The van der Waals surface area contributed by atoms with Crippen LogP contribution in [-0.4, -0.2) is 22.4 Å². The van der Waals surface area contributed by atoms with Gasteiger partial charge in [-0.25, -0.2) is 9.97 Å². The molecule has 2 aromatic rings. The van der Waals surface area contributed by atoms with Gasteiger partial charge in [0.15, 0.2) is 0 Å². The normalized spacial score (nSPS) is 10.2. The highest BCUT2D eigenvalue weighted by molar-refractivity contribution is 6.31. The quantitative estimate of drug-likeness (QED) is 0.861. The van der Waals surface area contributed by atoms with E-state index in [4.69, 9.17) is 11.6 Å². The van der Waals surface area contributed by atoms with Gasteiger partial charge in [0, 0.05) is 24.2 Å². The number of hydrogen-bond donors (Lipinski definition) is 2. The Morgan fingerprint density at radius 2 is 2.10 bits per heavy atom. The van der Waals surface area contributed by atoms with Crippen molar-refractivity contribution in [3.8, 4) is 0 Å². The smallest absolute Gasteiger partial charge is 0.270 e. The largest absolute Gasteiger partial charge is 0.370 e. The number of rotatable bonds is 6. The SMILES string of the molecule is CCCNc1cc(C(=O)NCc2ccccc2Cl)ncn1. The Labute approximate surface area is 128 Å². The van der Waals surface area contributed by atoms with Crippen LogP contribution in [0.4, 0.5) is 5.82 Å². The lowest BCUT2D eigenvalue weighted by Gasteiger charge is -2.08. The number of carbonyl (C=O) groups excluding carboxylic acids is 1. The Kier molecular flexibility index (Phi) is 5.51. The maximum Gasteiger partial charge on any atom is 0.270 e. The van der Waals surface area contributed by atoms with Crippen LogP contribution in [0.1, 0.15) is 29.4 Å². The summed E-state index contributed by atoms with van der Waals surface area (Å²) in [5.41, 5.74) is 1.20. The maximum absolute atomic E-state index is 12.1. The minimum absolute atomic E-state index is 0.253. The van der Waals surface area contributed by atoms with Crippen LogP contribution in [0.15, 0.2) is 36.7 Å². The molecule has 2 N–H and O–H groups in total.